The average molecular weight is 509 g/mol. The summed E-state index contributed by atoms with van der Waals surface area (Å²) in [6.45, 7) is 11.5. The number of nitro benzene ring substituents is 1. The molecule has 0 bridgehead atoms. The minimum absolute atomic E-state index is 0.0410. The third-order valence-corrected chi connectivity index (χ3v) is 6.71. The zero-order valence-electron chi connectivity index (χ0n) is 21.1. The monoisotopic (exact) mass is 508 g/mol. The predicted molar refractivity (Wildman–Crippen MR) is 132 cm³/mol. The van der Waals surface area contributed by atoms with Crippen LogP contribution in [0.5, 0.6) is 0 Å². The highest BCUT2D eigenvalue weighted by Gasteiger charge is 2.48. The number of halogens is 1. The first-order valence-electron chi connectivity index (χ1n) is 11.1. The van der Waals surface area contributed by atoms with E-state index in [1.54, 1.807) is 65.8 Å². The van der Waals surface area contributed by atoms with Gasteiger partial charge < -0.3 is 9.47 Å². The van der Waals surface area contributed by atoms with Crippen LogP contribution in [0.4, 0.5) is 10.1 Å². The second kappa shape index (κ2) is 10.9. The zero-order valence-corrected chi connectivity index (χ0v) is 21.9. The zero-order chi connectivity index (χ0) is 26.6. The molecule has 0 saturated carbocycles. The Morgan fingerprint density at radius 3 is 2.20 bits per heavy atom. The number of rotatable bonds is 9. The molecule has 8 nitrogen and oxygen atoms in total. The van der Waals surface area contributed by atoms with Crippen LogP contribution in [-0.4, -0.2) is 31.6 Å². The van der Waals surface area contributed by atoms with Gasteiger partial charge in [0.15, 0.2) is 6.10 Å². The highest BCUT2D eigenvalue weighted by molar-refractivity contribution is 7.84. The maximum absolute atomic E-state index is 15.2. The molecule has 0 saturated heterocycles. The van der Waals surface area contributed by atoms with E-state index in [4.69, 9.17) is 9.47 Å². The maximum Gasteiger partial charge on any atom is 0.338 e. The molecule has 10 heteroatoms. The Morgan fingerprint density at radius 2 is 1.69 bits per heavy atom. The molecule has 0 aliphatic carbocycles. The second-order valence-electron chi connectivity index (χ2n) is 10.3. The highest BCUT2D eigenvalue weighted by Crippen LogP contribution is 2.35. The van der Waals surface area contributed by atoms with Crippen LogP contribution in [0.15, 0.2) is 48.5 Å². The van der Waals surface area contributed by atoms with Gasteiger partial charge in [0.05, 0.1) is 32.8 Å². The van der Waals surface area contributed by atoms with Gasteiger partial charge in [-0.25, -0.2) is 18.1 Å². The van der Waals surface area contributed by atoms with Crippen molar-refractivity contribution in [2.45, 2.75) is 77.1 Å². The summed E-state index contributed by atoms with van der Waals surface area (Å²) in [5.74, 6) is -1.66. The number of nitro groups is 1. The molecule has 35 heavy (non-hydrogen) atoms. The Balaban J connectivity index is 2.69. The van der Waals surface area contributed by atoms with Crippen LogP contribution in [0.1, 0.15) is 59.6 Å². The number of hydrogen-bond donors (Lipinski definition) is 1. The molecule has 1 N–H and O–H groups in total. The summed E-state index contributed by atoms with van der Waals surface area (Å²) in [4.78, 5) is 24.2. The van der Waals surface area contributed by atoms with Gasteiger partial charge in [0.25, 0.3) is 5.69 Å². The van der Waals surface area contributed by atoms with Crippen molar-refractivity contribution in [2.75, 3.05) is 0 Å². The van der Waals surface area contributed by atoms with E-state index in [9.17, 15) is 19.1 Å². The molecule has 0 aliphatic heterocycles. The number of esters is 1. The standard InChI is InChI=1S/C25H33FN2O6S/c1-23(2,3)34-22(29)21(33-16-17-11-9-8-10-12-17)25(7,27-35(32)24(4,5)6)19-15-18(28(30)31)13-14-20(19)26/h8-15,21,27H,16H2,1-7H3/t21?,25-,35-/m1/s1. The third-order valence-electron chi connectivity index (χ3n) is 4.99. The Kier molecular flexibility index (Phi) is 8.91. The van der Waals surface area contributed by atoms with Crippen LogP contribution in [-0.2, 0) is 37.4 Å². The van der Waals surface area contributed by atoms with Crippen LogP contribution >= 0.6 is 0 Å². The minimum Gasteiger partial charge on any atom is -0.458 e. The quantitative estimate of drug-likeness (QED) is 0.292. The minimum atomic E-state index is -1.82. The Labute approximate surface area is 207 Å². The molecule has 0 aromatic heterocycles. The van der Waals surface area contributed by atoms with E-state index in [1.165, 1.54) is 6.92 Å². The summed E-state index contributed by atoms with van der Waals surface area (Å²) < 4.78 is 42.1. The summed E-state index contributed by atoms with van der Waals surface area (Å²) in [7, 11) is -1.82. The number of nitrogens with one attached hydrogen (secondary N) is 1. The van der Waals surface area contributed by atoms with Crippen molar-refractivity contribution in [3.63, 3.8) is 0 Å². The predicted octanol–water partition coefficient (Wildman–Crippen LogP) is 4.93. The summed E-state index contributed by atoms with van der Waals surface area (Å²) in [5.41, 5.74) is -2.60. The lowest BCUT2D eigenvalue weighted by Gasteiger charge is -2.39. The summed E-state index contributed by atoms with van der Waals surface area (Å²) >= 11 is 0. The SMILES string of the molecule is CC(C)(C)OC(=O)C(OCc1ccccc1)[C@](C)(N[S@](=O)C(C)(C)C)c1cc([N+](=O)[O-])ccc1F. The van der Waals surface area contributed by atoms with Crippen LogP contribution in [0.3, 0.4) is 0 Å². The molecule has 192 valence electrons. The lowest BCUT2D eigenvalue weighted by molar-refractivity contribution is -0.385. The van der Waals surface area contributed by atoms with Crippen molar-refractivity contribution in [3.05, 3.63) is 75.6 Å². The first-order valence-corrected chi connectivity index (χ1v) is 12.2. The van der Waals surface area contributed by atoms with Crippen molar-refractivity contribution in [1.82, 2.24) is 4.72 Å². The molecule has 3 atom stereocenters. The van der Waals surface area contributed by atoms with Gasteiger partial charge >= 0.3 is 5.97 Å². The lowest BCUT2D eigenvalue weighted by Crippen LogP contribution is -2.58. The van der Waals surface area contributed by atoms with Gasteiger partial charge in [0.1, 0.15) is 11.4 Å². The molecule has 1 unspecified atom stereocenters. The molecule has 0 aliphatic rings. The van der Waals surface area contributed by atoms with Crippen LogP contribution in [0, 0.1) is 15.9 Å². The first-order chi connectivity index (χ1) is 16.0. The van der Waals surface area contributed by atoms with E-state index in [-0.39, 0.29) is 17.9 Å². The number of nitrogens with zero attached hydrogens (tertiary/aromatic N) is 1. The molecule has 0 radical (unpaired) electrons. The lowest BCUT2D eigenvalue weighted by atomic mass is 9.86. The van der Waals surface area contributed by atoms with E-state index in [1.807, 2.05) is 6.07 Å². The second-order valence-corrected chi connectivity index (χ2v) is 12.3. The fraction of sp³-hybridized carbons (Fsp3) is 0.480. The molecular formula is C25H33FN2O6S. The van der Waals surface area contributed by atoms with Crippen LogP contribution in [0.2, 0.25) is 0 Å². The van der Waals surface area contributed by atoms with E-state index in [0.717, 1.165) is 23.8 Å². The number of carbonyl (C=O) groups excluding carboxylic acids is 1. The molecule has 2 aromatic rings. The largest absolute Gasteiger partial charge is 0.458 e. The van der Waals surface area contributed by atoms with Crippen molar-refractivity contribution in [1.29, 1.82) is 0 Å². The van der Waals surface area contributed by atoms with Gasteiger partial charge in [-0.1, -0.05) is 30.3 Å². The van der Waals surface area contributed by atoms with Gasteiger partial charge in [-0.3, -0.25) is 10.1 Å². The molecule has 0 spiro atoms. The smallest absolute Gasteiger partial charge is 0.338 e. The number of carbonyl (C=O) groups is 1. The summed E-state index contributed by atoms with van der Waals surface area (Å²) in [6.07, 6.45) is -1.51. The van der Waals surface area contributed by atoms with Crippen LogP contribution in [0.25, 0.3) is 0 Å². The van der Waals surface area contributed by atoms with E-state index in [2.05, 4.69) is 4.72 Å². The number of ether oxygens (including phenoxy) is 2. The number of hydrogen-bond acceptors (Lipinski definition) is 6. The fourth-order valence-electron chi connectivity index (χ4n) is 3.20. The van der Waals surface area contributed by atoms with E-state index >= 15 is 4.39 Å². The van der Waals surface area contributed by atoms with Gasteiger partial charge in [0, 0.05) is 17.7 Å². The van der Waals surface area contributed by atoms with E-state index in [0.29, 0.717) is 0 Å². The highest BCUT2D eigenvalue weighted by atomic mass is 32.2. The van der Waals surface area contributed by atoms with Crippen LogP contribution < -0.4 is 4.72 Å². The normalized spacial score (nSPS) is 15.7. The van der Waals surface area contributed by atoms with Crippen molar-refractivity contribution < 1.29 is 27.8 Å². The summed E-state index contributed by atoms with van der Waals surface area (Å²) in [5, 5.41) is 11.5. The summed E-state index contributed by atoms with van der Waals surface area (Å²) in [6, 6.07) is 12.0. The maximum atomic E-state index is 15.2. The molecule has 0 amide bonds. The number of benzene rings is 2. The topological polar surface area (TPSA) is 108 Å². The molecule has 2 rings (SSSR count). The Bertz CT molecular complexity index is 1080. The van der Waals surface area contributed by atoms with E-state index < -0.39 is 49.7 Å². The van der Waals surface area contributed by atoms with Gasteiger partial charge in [-0.2, -0.15) is 0 Å². The van der Waals surface area contributed by atoms with Crippen molar-refractivity contribution in [2.24, 2.45) is 0 Å². The van der Waals surface area contributed by atoms with Crippen molar-refractivity contribution in [3.8, 4) is 0 Å². The van der Waals surface area contributed by atoms with Gasteiger partial charge in [-0.15, -0.1) is 0 Å². The number of non-ortho nitro benzene ring substituents is 1. The molecule has 2 aromatic carbocycles. The molecular weight excluding hydrogens is 475 g/mol. The first kappa shape index (κ1) is 28.5. The van der Waals surface area contributed by atoms with Gasteiger partial charge in [0.2, 0.25) is 0 Å². The third kappa shape index (κ3) is 7.65. The van der Waals surface area contributed by atoms with Gasteiger partial charge in [-0.05, 0) is 60.1 Å². The fourth-order valence-corrected chi connectivity index (χ4v) is 4.11. The molecule has 0 fully saturated rings. The van der Waals surface area contributed by atoms with Crippen molar-refractivity contribution >= 4 is 22.6 Å². The Hall–Kier alpha value is -2.69. The average Bonchev–Trinajstić information content (AvgIpc) is 2.72. The Morgan fingerprint density at radius 1 is 1.09 bits per heavy atom. The molecule has 0 heterocycles.